The van der Waals surface area contributed by atoms with Crippen molar-refractivity contribution in [3.63, 3.8) is 0 Å². The van der Waals surface area contributed by atoms with Crippen LogP contribution in [0.2, 0.25) is 0 Å². The molecule has 0 spiro atoms. The van der Waals surface area contributed by atoms with Crippen LogP contribution in [0, 0.1) is 5.92 Å². The average Bonchev–Trinajstić information content (AvgIpc) is 2.70. The number of aliphatic hydroxyl groups is 1. The van der Waals surface area contributed by atoms with Crippen LogP contribution in [-0.2, 0) is 4.79 Å². The molecule has 0 amide bonds. The molecule has 2 heteroatoms. The molecule has 0 radical (unpaired) electrons. The third-order valence-electron chi connectivity index (χ3n) is 2.97. The van der Waals surface area contributed by atoms with Gasteiger partial charge in [0, 0.05) is 12.3 Å². The first-order chi connectivity index (χ1) is 5.22. The van der Waals surface area contributed by atoms with E-state index in [-0.39, 0.29) is 5.92 Å². The van der Waals surface area contributed by atoms with E-state index in [2.05, 4.69) is 0 Å². The van der Waals surface area contributed by atoms with Gasteiger partial charge in [-0.3, -0.25) is 4.79 Å². The summed E-state index contributed by atoms with van der Waals surface area (Å²) in [5.41, 5.74) is -0.558. The van der Waals surface area contributed by atoms with E-state index in [4.69, 9.17) is 0 Å². The van der Waals surface area contributed by atoms with Gasteiger partial charge in [0.15, 0.2) is 0 Å². The lowest BCUT2D eigenvalue weighted by Gasteiger charge is -2.24. The molecule has 0 saturated heterocycles. The Bertz CT molecular complexity index is 182. The lowest BCUT2D eigenvalue weighted by Crippen LogP contribution is -2.32. The highest BCUT2D eigenvalue weighted by molar-refractivity contribution is 5.83. The van der Waals surface area contributed by atoms with Gasteiger partial charge in [-0.25, -0.2) is 0 Å². The minimum atomic E-state index is -0.558. The fourth-order valence-electron chi connectivity index (χ4n) is 2.03. The van der Waals surface area contributed by atoms with E-state index in [0.717, 1.165) is 32.1 Å². The van der Waals surface area contributed by atoms with E-state index in [1.54, 1.807) is 0 Å². The summed E-state index contributed by atoms with van der Waals surface area (Å²) in [4.78, 5) is 11.3. The third kappa shape index (κ3) is 1.20. The number of Topliss-reactive ketones (excluding diaryl/α,β-unsaturated/α-hetero) is 1. The summed E-state index contributed by atoms with van der Waals surface area (Å²) in [5, 5.41) is 9.70. The largest absolute Gasteiger partial charge is 0.389 e. The van der Waals surface area contributed by atoms with Crippen molar-refractivity contribution in [2.45, 2.75) is 44.1 Å². The molecule has 2 aliphatic carbocycles. The van der Waals surface area contributed by atoms with Gasteiger partial charge >= 0.3 is 0 Å². The molecule has 11 heavy (non-hydrogen) atoms. The molecule has 0 aromatic heterocycles. The van der Waals surface area contributed by atoms with E-state index in [1.807, 2.05) is 0 Å². The smallest absolute Gasteiger partial charge is 0.138 e. The number of carbonyl (C=O) groups excluding carboxylic acids is 1. The molecule has 1 unspecified atom stereocenters. The summed E-state index contributed by atoms with van der Waals surface area (Å²) in [7, 11) is 0. The quantitative estimate of drug-likeness (QED) is 0.617. The van der Waals surface area contributed by atoms with Gasteiger partial charge in [0.1, 0.15) is 5.78 Å². The Morgan fingerprint density at radius 3 is 2.64 bits per heavy atom. The van der Waals surface area contributed by atoms with Gasteiger partial charge in [-0.15, -0.1) is 0 Å². The summed E-state index contributed by atoms with van der Waals surface area (Å²) < 4.78 is 0. The van der Waals surface area contributed by atoms with Crippen molar-refractivity contribution in [3.8, 4) is 0 Å². The van der Waals surface area contributed by atoms with Gasteiger partial charge < -0.3 is 5.11 Å². The van der Waals surface area contributed by atoms with Gasteiger partial charge in [0.2, 0.25) is 0 Å². The average molecular weight is 154 g/mol. The van der Waals surface area contributed by atoms with Gasteiger partial charge in [-0.1, -0.05) is 6.42 Å². The van der Waals surface area contributed by atoms with E-state index >= 15 is 0 Å². The Morgan fingerprint density at radius 1 is 1.36 bits per heavy atom. The number of hydrogen-bond donors (Lipinski definition) is 1. The van der Waals surface area contributed by atoms with Gasteiger partial charge in [-0.2, -0.15) is 0 Å². The number of ketones is 1. The monoisotopic (exact) mass is 154 g/mol. The van der Waals surface area contributed by atoms with Crippen LogP contribution >= 0.6 is 0 Å². The fraction of sp³-hybridized carbons (Fsp3) is 0.889. The zero-order valence-electron chi connectivity index (χ0n) is 6.68. The molecule has 2 saturated carbocycles. The zero-order chi connectivity index (χ0) is 7.90. The molecule has 0 aromatic carbocycles. The minimum absolute atomic E-state index is 0.00347. The first-order valence-electron chi connectivity index (χ1n) is 4.47. The molecule has 1 atom stereocenters. The maximum Gasteiger partial charge on any atom is 0.138 e. The number of rotatable bonds is 1. The minimum Gasteiger partial charge on any atom is -0.389 e. The summed E-state index contributed by atoms with van der Waals surface area (Å²) in [6.07, 6.45) is 5.49. The van der Waals surface area contributed by atoms with E-state index in [1.165, 1.54) is 0 Å². The third-order valence-corrected chi connectivity index (χ3v) is 2.97. The van der Waals surface area contributed by atoms with Crippen LogP contribution in [0.1, 0.15) is 38.5 Å². The molecule has 0 aromatic rings. The number of hydrogen-bond acceptors (Lipinski definition) is 2. The first kappa shape index (κ1) is 7.29. The Morgan fingerprint density at radius 2 is 2.09 bits per heavy atom. The van der Waals surface area contributed by atoms with Crippen molar-refractivity contribution in [3.05, 3.63) is 0 Å². The van der Waals surface area contributed by atoms with Gasteiger partial charge in [-0.05, 0) is 25.7 Å². The second-order valence-electron chi connectivity index (χ2n) is 3.87. The Labute approximate surface area is 66.6 Å². The van der Waals surface area contributed by atoms with Crippen LogP contribution < -0.4 is 0 Å². The molecule has 2 rings (SSSR count). The Kier molecular flexibility index (Phi) is 1.53. The van der Waals surface area contributed by atoms with Crippen LogP contribution in [0.5, 0.6) is 0 Å². The van der Waals surface area contributed by atoms with E-state index in [9.17, 15) is 9.90 Å². The normalized spacial score (nSPS) is 35.4. The fourth-order valence-corrected chi connectivity index (χ4v) is 2.03. The lowest BCUT2D eigenvalue weighted by atomic mass is 9.83. The molecule has 0 heterocycles. The van der Waals surface area contributed by atoms with E-state index < -0.39 is 5.60 Å². The molecular formula is C9H14O2. The molecule has 1 N–H and O–H groups in total. The van der Waals surface area contributed by atoms with Gasteiger partial charge in [0.05, 0.1) is 5.60 Å². The van der Waals surface area contributed by atoms with Crippen molar-refractivity contribution in [1.29, 1.82) is 0 Å². The van der Waals surface area contributed by atoms with Crippen LogP contribution in [-0.4, -0.2) is 16.5 Å². The summed E-state index contributed by atoms with van der Waals surface area (Å²) in [5.74, 6) is 0.299. The summed E-state index contributed by atoms with van der Waals surface area (Å²) in [6, 6.07) is 0. The van der Waals surface area contributed by atoms with Gasteiger partial charge in [0.25, 0.3) is 0 Å². The lowest BCUT2D eigenvalue weighted by molar-refractivity contribution is -0.129. The molecule has 2 fully saturated rings. The SMILES string of the molecule is O=C1CCCCC1C1(O)CC1. The Balaban J connectivity index is 2.05. The molecule has 0 bridgehead atoms. The maximum absolute atomic E-state index is 11.3. The van der Waals surface area contributed by atoms with Crippen LogP contribution in [0.3, 0.4) is 0 Å². The predicted molar refractivity (Wildman–Crippen MR) is 41.1 cm³/mol. The molecule has 2 nitrogen and oxygen atoms in total. The van der Waals surface area contributed by atoms with Crippen LogP contribution in [0.4, 0.5) is 0 Å². The zero-order valence-corrected chi connectivity index (χ0v) is 6.68. The van der Waals surface area contributed by atoms with Crippen molar-refractivity contribution in [1.82, 2.24) is 0 Å². The highest BCUT2D eigenvalue weighted by Crippen LogP contribution is 2.46. The maximum atomic E-state index is 11.3. The van der Waals surface area contributed by atoms with Crippen molar-refractivity contribution in [2.24, 2.45) is 5.92 Å². The standard InChI is InChI=1S/C9H14O2/c10-8-4-2-1-3-7(8)9(11)5-6-9/h7,11H,1-6H2. The van der Waals surface area contributed by atoms with E-state index in [0.29, 0.717) is 12.2 Å². The second kappa shape index (κ2) is 2.31. The Hall–Kier alpha value is -0.370. The highest BCUT2D eigenvalue weighted by atomic mass is 16.3. The van der Waals surface area contributed by atoms with Crippen molar-refractivity contribution in [2.75, 3.05) is 0 Å². The predicted octanol–water partition coefficient (Wildman–Crippen LogP) is 1.27. The highest BCUT2D eigenvalue weighted by Gasteiger charge is 2.50. The van der Waals surface area contributed by atoms with Crippen LogP contribution in [0.15, 0.2) is 0 Å². The molecule has 2 aliphatic rings. The summed E-state index contributed by atoms with van der Waals surface area (Å²) in [6.45, 7) is 0. The molecular weight excluding hydrogens is 140 g/mol. The topological polar surface area (TPSA) is 37.3 Å². The second-order valence-corrected chi connectivity index (χ2v) is 3.87. The summed E-state index contributed by atoms with van der Waals surface area (Å²) >= 11 is 0. The van der Waals surface area contributed by atoms with Crippen molar-refractivity contribution >= 4 is 5.78 Å². The van der Waals surface area contributed by atoms with Crippen LogP contribution in [0.25, 0.3) is 0 Å². The number of carbonyl (C=O) groups is 1. The molecule has 62 valence electrons. The first-order valence-corrected chi connectivity index (χ1v) is 4.47. The van der Waals surface area contributed by atoms with Crippen molar-refractivity contribution < 1.29 is 9.90 Å². The molecule has 0 aliphatic heterocycles.